The fourth-order valence-electron chi connectivity index (χ4n) is 1.74. The van der Waals surface area contributed by atoms with E-state index in [0.717, 1.165) is 5.92 Å². The van der Waals surface area contributed by atoms with E-state index >= 15 is 0 Å². The van der Waals surface area contributed by atoms with Crippen molar-refractivity contribution in [2.75, 3.05) is 13.6 Å². The van der Waals surface area contributed by atoms with E-state index < -0.39 is 0 Å². The summed E-state index contributed by atoms with van der Waals surface area (Å²) in [6, 6.07) is 0. The van der Waals surface area contributed by atoms with Crippen LogP contribution in [0.2, 0.25) is 0 Å². The fraction of sp³-hybridized carbons (Fsp3) is 0.600. The molecule has 0 radical (unpaired) electrons. The SMILES string of the molecule is C1=CCC2CCCNC2=C1.CN. The molecular weight excluding hydrogens is 148 g/mol. The first-order valence-electron chi connectivity index (χ1n) is 4.65. The Morgan fingerprint density at radius 3 is 3.08 bits per heavy atom. The van der Waals surface area contributed by atoms with E-state index in [0.29, 0.717) is 0 Å². The molecule has 0 aromatic rings. The van der Waals surface area contributed by atoms with Crippen molar-refractivity contribution in [3.63, 3.8) is 0 Å². The number of hydrogen-bond donors (Lipinski definition) is 2. The Morgan fingerprint density at radius 2 is 2.33 bits per heavy atom. The lowest BCUT2D eigenvalue weighted by Crippen LogP contribution is -2.28. The Bertz CT molecular complexity index is 182. The number of fused-ring (bicyclic) bond motifs is 1. The predicted molar refractivity (Wildman–Crippen MR) is 52.7 cm³/mol. The molecule has 12 heavy (non-hydrogen) atoms. The number of allylic oxidation sites excluding steroid dienone is 4. The molecule has 0 aromatic heterocycles. The molecule has 2 aliphatic rings. The normalized spacial score (nSPS) is 25.8. The molecule has 1 heterocycles. The number of piperidine rings is 1. The van der Waals surface area contributed by atoms with E-state index in [-0.39, 0.29) is 0 Å². The van der Waals surface area contributed by atoms with E-state index in [1.54, 1.807) is 0 Å². The topological polar surface area (TPSA) is 38.0 Å². The lowest BCUT2D eigenvalue weighted by molar-refractivity contribution is 0.443. The van der Waals surface area contributed by atoms with Gasteiger partial charge in [-0.3, -0.25) is 0 Å². The van der Waals surface area contributed by atoms with Crippen LogP contribution in [0.3, 0.4) is 0 Å². The molecule has 1 atom stereocenters. The molecular formula is C10H18N2. The van der Waals surface area contributed by atoms with Crippen LogP contribution in [0.1, 0.15) is 19.3 Å². The molecule has 1 aliphatic carbocycles. The molecule has 0 amide bonds. The Kier molecular flexibility index (Phi) is 3.88. The predicted octanol–water partition coefficient (Wildman–Crippen LogP) is 1.40. The van der Waals surface area contributed by atoms with Gasteiger partial charge in [0.15, 0.2) is 0 Å². The summed E-state index contributed by atoms with van der Waals surface area (Å²) in [5.41, 5.74) is 5.97. The second-order valence-corrected chi connectivity index (χ2v) is 3.05. The summed E-state index contributed by atoms with van der Waals surface area (Å²) >= 11 is 0. The van der Waals surface area contributed by atoms with Crippen LogP contribution < -0.4 is 11.1 Å². The Hall–Kier alpha value is -0.760. The molecule has 2 rings (SSSR count). The van der Waals surface area contributed by atoms with Crippen LogP contribution in [0.4, 0.5) is 0 Å². The minimum atomic E-state index is 0.818. The Balaban J connectivity index is 0.000000336. The minimum Gasteiger partial charge on any atom is -0.388 e. The first-order chi connectivity index (χ1) is 5.97. The van der Waals surface area contributed by atoms with Gasteiger partial charge in [0.1, 0.15) is 0 Å². The van der Waals surface area contributed by atoms with Gasteiger partial charge in [-0.2, -0.15) is 0 Å². The summed E-state index contributed by atoms with van der Waals surface area (Å²) in [6.07, 6.45) is 10.6. The van der Waals surface area contributed by atoms with E-state index in [2.05, 4.69) is 29.3 Å². The summed E-state index contributed by atoms with van der Waals surface area (Å²) in [4.78, 5) is 0. The Morgan fingerprint density at radius 1 is 1.50 bits per heavy atom. The number of rotatable bonds is 0. The summed E-state index contributed by atoms with van der Waals surface area (Å²) in [5.74, 6) is 0.818. The highest BCUT2D eigenvalue weighted by molar-refractivity contribution is 5.20. The third kappa shape index (κ3) is 2.11. The molecule has 2 heteroatoms. The summed E-state index contributed by atoms with van der Waals surface area (Å²) in [6.45, 7) is 1.18. The number of nitrogens with one attached hydrogen (secondary N) is 1. The standard InChI is InChI=1S/C9H13N.CH5N/c1-2-6-9-8(4-1)5-3-7-10-9;1-2/h1-2,6,8,10H,3-5,7H2;2H2,1H3. The molecule has 0 saturated carbocycles. The zero-order valence-corrected chi connectivity index (χ0v) is 7.72. The summed E-state index contributed by atoms with van der Waals surface area (Å²) < 4.78 is 0. The molecule has 1 saturated heterocycles. The van der Waals surface area contributed by atoms with Crippen LogP contribution in [0.25, 0.3) is 0 Å². The van der Waals surface area contributed by atoms with E-state index in [9.17, 15) is 0 Å². The van der Waals surface area contributed by atoms with Crippen molar-refractivity contribution in [2.24, 2.45) is 11.7 Å². The van der Waals surface area contributed by atoms with E-state index in [1.807, 2.05) is 0 Å². The van der Waals surface area contributed by atoms with Gasteiger partial charge in [-0.25, -0.2) is 0 Å². The van der Waals surface area contributed by atoms with E-state index in [1.165, 1.54) is 38.6 Å². The van der Waals surface area contributed by atoms with Gasteiger partial charge in [-0.15, -0.1) is 0 Å². The smallest absolute Gasteiger partial charge is 0.0144 e. The summed E-state index contributed by atoms with van der Waals surface area (Å²) in [5, 5.41) is 3.43. The van der Waals surface area contributed by atoms with Crippen LogP contribution in [-0.2, 0) is 0 Å². The average molecular weight is 166 g/mol. The minimum absolute atomic E-state index is 0.818. The molecule has 1 fully saturated rings. The molecule has 1 unspecified atom stereocenters. The lowest BCUT2D eigenvalue weighted by atomic mass is 9.89. The molecule has 0 aromatic carbocycles. The molecule has 0 spiro atoms. The highest BCUT2D eigenvalue weighted by Gasteiger charge is 2.17. The second-order valence-electron chi connectivity index (χ2n) is 3.05. The van der Waals surface area contributed by atoms with Gasteiger partial charge in [0.25, 0.3) is 0 Å². The third-order valence-electron chi connectivity index (χ3n) is 2.33. The van der Waals surface area contributed by atoms with Gasteiger partial charge in [-0.1, -0.05) is 12.2 Å². The van der Waals surface area contributed by atoms with Crippen molar-refractivity contribution >= 4 is 0 Å². The monoisotopic (exact) mass is 166 g/mol. The van der Waals surface area contributed by atoms with Gasteiger partial charge < -0.3 is 11.1 Å². The molecule has 68 valence electrons. The van der Waals surface area contributed by atoms with E-state index in [4.69, 9.17) is 0 Å². The van der Waals surface area contributed by atoms with Crippen LogP contribution >= 0.6 is 0 Å². The van der Waals surface area contributed by atoms with Crippen molar-refractivity contribution in [1.82, 2.24) is 5.32 Å². The van der Waals surface area contributed by atoms with Gasteiger partial charge >= 0.3 is 0 Å². The van der Waals surface area contributed by atoms with Crippen LogP contribution in [0.15, 0.2) is 23.9 Å². The van der Waals surface area contributed by atoms with Gasteiger partial charge in [0.05, 0.1) is 0 Å². The second kappa shape index (κ2) is 4.99. The maximum atomic E-state index is 4.50. The van der Waals surface area contributed by atoms with Crippen molar-refractivity contribution < 1.29 is 0 Å². The highest BCUT2D eigenvalue weighted by atomic mass is 14.9. The highest BCUT2D eigenvalue weighted by Crippen LogP contribution is 2.25. The average Bonchev–Trinajstić information content (AvgIpc) is 2.21. The first kappa shape index (κ1) is 9.33. The fourth-order valence-corrected chi connectivity index (χ4v) is 1.74. The maximum Gasteiger partial charge on any atom is 0.0144 e. The Labute approximate surface area is 74.5 Å². The van der Waals surface area contributed by atoms with Gasteiger partial charge in [-0.05, 0) is 32.4 Å². The molecule has 1 aliphatic heterocycles. The third-order valence-corrected chi connectivity index (χ3v) is 2.33. The lowest BCUT2D eigenvalue weighted by Gasteiger charge is -2.27. The van der Waals surface area contributed by atoms with Crippen molar-refractivity contribution in [1.29, 1.82) is 0 Å². The maximum absolute atomic E-state index is 4.50. The molecule has 0 bridgehead atoms. The first-order valence-corrected chi connectivity index (χ1v) is 4.65. The quantitative estimate of drug-likeness (QED) is 0.571. The summed E-state index contributed by atoms with van der Waals surface area (Å²) in [7, 11) is 1.50. The van der Waals surface area contributed by atoms with Crippen molar-refractivity contribution in [3.8, 4) is 0 Å². The van der Waals surface area contributed by atoms with Crippen LogP contribution in [-0.4, -0.2) is 13.6 Å². The van der Waals surface area contributed by atoms with Crippen LogP contribution in [0, 0.1) is 5.92 Å². The number of hydrogen-bond acceptors (Lipinski definition) is 2. The molecule has 3 N–H and O–H groups in total. The largest absolute Gasteiger partial charge is 0.388 e. The van der Waals surface area contributed by atoms with Crippen molar-refractivity contribution in [3.05, 3.63) is 23.9 Å². The van der Waals surface area contributed by atoms with Crippen molar-refractivity contribution in [2.45, 2.75) is 19.3 Å². The number of nitrogens with two attached hydrogens (primary N) is 1. The zero-order valence-electron chi connectivity index (χ0n) is 7.72. The molecule has 2 nitrogen and oxygen atoms in total. The van der Waals surface area contributed by atoms with Gasteiger partial charge in [0.2, 0.25) is 0 Å². The van der Waals surface area contributed by atoms with Crippen LogP contribution in [0.5, 0.6) is 0 Å². The van der Waals surface area contributed by atoms with Gasteiger partial charge in [0, 0.05) is 18.2 Å². The zero-order chi connectivity index (χ0) is 8.81.